The topological polar surface area (TPSA) is 85.1 Å². The first-order valence-corrected chi connectivity index (χ1v) is 6.44. The van der Waals surface area contributed by atoms with Crippen LogP contribution in [0.5, 0.6) is 0 Å². The molecule has 0 radical (unpaired) electrons. The van der Waals surface area contributed by atoms with Crippen molar-refractivity contribution >= 4 is 10.0 Å². The van der Waals surface area contributed by atoms with Crippen molar-refractivity contribution in [2.75, 3.05) is 6.54 Å². The molecule has 0 aliphatic heterocycles. The molecule has 0 fully saturated rings. The molecule has 0 aliphatic carbocycles. The SMILES string of the molecule is NCc1ccc(S(=O)(=O)NCCC(F)(F)F)nc1. The lowest BCUT2D eigenvalue weighted by atomic mass is 10.3. The highest BCUT2D eigenvalue weighted by Gasteiger charge is 2.27. The van der Waals surface area contributed by atoms with E-state index in [2.05, 4.69) is 4.98 Å². The Morgan fingerprint density at radius 1 is 1.33 bits per heavy atom. The molecule has 0 aliphatic rings. The normalized spacial score (nSPS) is 12.7. The first-order valence-electron chi connectivity index (χ1n) is 4.96. The fourth-order valence-electron chi connectivity index (χ4n) is 1.09. The number of aromatic nitrogens is 1. The first kappa shape index (κ1) is 14.9. The number of rotatable bonds is 5. The number of hydrogen-bond acceptors (Lipinski definition) is 4. The average molecular weight is 283 g/mol. The number of nitrogens with zero attached hydrogens (tertiary/aromatic N) is 1. The summed E-state index contributed by atoms with van der Waals surface area (Å²) in [6.07, 6.45) is -4.37. The zero-order valence-electron chi connectivity index (χ0n) is 9.24. The zero-order chi connectivity index (χ0) is 13.8. The van der Waals surface area contributed by atoms with Crippen LogP contribution in [-0.4, -0.2) is 26.1 Å². The number of nitrogens with one attached hydrogen (secondary N) is 1. The molecule has 0 saturated heterocycles. The third-order valence-electron chi connectivity index (χ3n) is 2.01. The van der Waals surface area contributed by atoms with Gasteiger partial charge in [0.1, 0.15) is 0 Å². The first-order chi connectivity index (χ1) is 8.24. The maximum absolute atomic E-state index is 11.9. The zero-order valence-corrected chi connectivity index (χ0v) is 10.1. The van der Waals surface area contributed by atoms with Crippen molar-refractivity contribution in [2.24, 2.45) is 5.73 Å². The van der Waals surface area contributed by atoms with Gasteiger partial charge in [0.05, 0.1) is 6.42 Å². The monoisotopic (exact) mass is 283 g/mol. The molecule has 1 heterocycles. The van der Waals surface area contributed by atoms with E-state index < -0.39 is 29.2 Å². The molecule has 0 saturated carbocycles. The predicted molar refractivity (Wildman–Crippen MR) is 58.0 cm³/mol. The molecule has 0 aromatic carbocycles. The van der Waals surface area contributed by atoms with Gasteiger partial charge in [-0.3, -0.25) is 0 Å². The second kappa shape index (κ2) is 5.63. The van der Waals surface area contributed by atoms with Crippen LogP contribution in [0.4, 0.5) is 13.2 Å². The van der Waals surface area contributed by atoms with E-state index in [1.54, 1.807) is 0 Å². The van der Waals surface area contributed by atoms with Crippen LogP contribution in [0.1, 0.15) is 12.0 Å². The summed E-state index contributed by atoms with van der Waals surface area (Å²) in [6, 6.07) is 2.64. The Labute approximate surface area is 102 Å². The summed E-state index contributed by atoms with van der Waals surface area (Å²) in [4.78, 5) is 3.62. The minimum Gasteiger partial charge on any atom is -0.326 e. The maximum atomic E-state index is 11.9. The van der Waals surface area contributed by atoms with Crippen LogP contribution in [-0.2, 0) is 16.6 Å². The van der Waals surface area contributed by atoms with E-state index in [9.17, 15) is 21.6 Å². The van der Waals surface area contributed by atoms with Gasteiger partial charge in [0.15, 0.2) is 5.03 Å². The van der Waals surface area contributed by atoms with Crippen LogP contribution < -0.4 is 10.5 Å². The standard InChI is InChI=1S/C9H12F3N3O2S/c10-9(11,12)3-4-15-18(16,17)8-2-1-7(5-13)6-14-8/h1-2,6,15H,3-5,13H2. The Morgan fingerprint density at radius 2 is 2.00 bits per heavy atom. The van der Waals surface area contributed by atoms with Crippen molar-refractivity contribution in [3.63, 3.8) is 0 Å². The Bertz CT molecular complexity index is 485. The van der Waals surface area contributed by atoms with Crippen LogP contribution in [0, 0.1) is 0 Å². The number of nitrogens with two attached hydrogens (primary N) is 1. The van der Waals surface area contributed by atoms with E-state index in [0.717, 1.165) is 0 Å². The molecule has 3 N–H and O–H groups in total. The third kappa shape index (κ3) is 4.59. The minimum atomic E-state index is -4.40. The highest BCUT2D eigenvalue weighted by molar-refractivity contribution is 7.89. The van der Waals surface area contributed by atoms with Crippen molar-refractivity contribution in [1.82, 2.24) is 9.71 Å². The van der Waals surface area contributed by atoms with Crippen LogP contribution in [0.2, 0.25) is 0 Å². The van der Waals surface area contributed by atoms with E-state index in [4.69, 9.17) is 5.73 Å². The van der Waals surface area contributed by atoms with Crippen LogP contribution in [0.25, 0.3) is 0 Å². The lowest BCUT2D eigenvalue weighted by Crippen LogP contribution is -2.28. The number of pyridine rings is 1. The summed E-state index contributed by atoms with van der Waals surface area (Å²) in [5.41, 5.74) is 5.94. The van der Waals surface area contributed by atoms with Gasteiger partial charge in [0.25, 0.3) is 10.0 Å². The molecule has 5 nitrogen and oxygen atoms in total. The molecule has 0 spiro atoms. The van der Waals surface area contributed by atoms with Gasteiger partial charge in [-0.2, -0.15) is 13.2 Å². The lowest BCUT2D eigenvalue weighted by molar-refractivity contribution is -0.132. The summed E-state index contributed by atoms with van der Waals surface area (Å²) in [5, 5.41) is -0.332. The molecule has 1 aromatic rings. The van der Waals surface area contributed by atoms with Gasteiger partial charge in [-0.1, -0.05) is 6.07 Å². The molecule has 0 atom stereocenters. The summed E-state index contributed by atoms with van der Waals surface area (Å²) in [7, 11) is -4.01. The van der Waals surface area contributed by atoms with Crippen LogP contribution in [0.15, 0.2) is 23.4 Å². The highest BCUT2D eigenvalue weighted by atomic mass is 32.2. The van der Waals surface area contributed by atoms with Gasteiger partial charge >= 0.3 is 6.18 Å². The Morgan fingerprint density at radius 3 is 2.44 bits per heavy atom. The fourth-order valence-corrected chi connectivity index (χ4v) is 2.05. The summed E-state index contributed by atoms with van der Waals surface area (Å²) in [6.45, 7) is -0.513. The van der Waals surface area contributed by atoms with Gasteiger partial charge in [-0.25, -0.2) is 18.1 Å². The predicted octanol–water partition coefficient (Wildman–Crippen LogP) is 0.771. The Kier molecular flexibility index (Phi) is 4.65. The lowest BCUT2D eigenvalue weighted by Gasteiger charge is -2.08. The minimum absolute atomic E-state index is 0.203. The van der Waals surface area contributed by atoms with Gasteiger partial charge in [-0.05, 0) is 11.6 Å². The second-order valence-corrected chi connectivity index (χ2v) is 5.19. The quantitative estimate of drug-likeness (QED) is 0.836. The third-order valence-corrected chi connectivity index (χ3v) is 3.39. The van der Waals surface area contributed by atoms with Crippen LogP contribution >= 0.6 is 0 Å². The van der Waals surface area contributed by atoms with E-state index in [0.29, 0.717) is 5.56 Å². The highest BCUT2D eigenvalue weighted by Crippen LogP contribution is 2.18. The number of halogens is 3. The van der Waals surface area contributed by atoms with Crippen LogP contribution in [0.3, 0.4) is 0 Å². The summed E-state index contributed by atoms with van der Waals surface area (Å²) < 4.78 is 60.5. The fraction of sp³-hybridized carbons (Fsp3) is 0.444. The van der Waals surface area contributed by atoms with Crippen molar-refractivity contribution < 1.29 is 21.6 Å². The average Bonchev–Trinajstić information content (AvgIpc) is 2.27. The molecular weight excluding hydrogens is 271 g/mol. The summed E-state index contributed by atoms with van der Waals surface area (Å²) >= 11 is 0. The van der Waals surface area contributed by atoms with Gasteiger partial charge in [-0.15, -0.1) is 0 Å². The molecule has 18 heavy (non-hydrogen) atoms. The molecular formula is C9H12F3N3O2S. The Balaban J connectivity index is 2.68. The van der Waals surface area contributed by atoms with Crippen molar-refractivity contribution in [3.05, 3.63) is 23.9 Å². The molecule has 102 valence electrons. The second-order valence-electron chi connectivity index (χ2n) is 3.47. The van der Waals surface area contributed by atoms with Crippen molar-refractivity contribution in [2.45, 2.75) is 24.2 Å². The summed E-state index contributed by atoms with van der Waals surface area (Å²) in [5.74, 6) is 0. The largest absolute Gasteiger partial charge is 0.390 e. The van der Waals surface area contributed by atoms with Gasteiger partial charge in [0, 0.05) is 19.3 Å². The Hall–Kier alpha value is -1.19. The van der Waals surface area contributed by atoms with E-state index in [1.165, 1.54) is 18.3 Å². The van der Waals surface area contributed by atoms with E-state index in [-0.39, 0.29) is 11.6 Å². The smallest absolute Gasteiger partial charge is 0.326 e. The van der Waals surface area contributed by atoms with Crippen molar-refractivity contribution in [3.8, 4) is 0 Å². The molecule has 0 unspecified atom stereocenters. The van der Waals surface area contributed by atoms with E-state index in [1.807, 2.05) is 4.72 Å². The molecule has 1 rings (SSSR count). The van der Waals surface area contributed by atoms with Crippen molar-refractivity contribution in [1.29, 1.82) is 0 Å². The number of hydrogen-bond donors (Lipinski definition) is 2. The van der Waals surface area contributed by atoms with Gasteiger partial charge in [0.2, 0.25) is 0 Å². The molecule has 1 aromatic heterocycles. The number of sulfonamides is 1. The number of alkyl halides is 3. The maximum Gasteiger partial charge on any atom is 0.390 e. The molecule has 9 heteroatoms. The van der Waals surface area contributed by atoms with Gasteiger partial charge < -0.3 is 5.73 Å². The van der Waals surface area contributed by atoms with E-state index >= 15 is 0 Å². The molecule has 0 bridgehead atoms. The molecule has 0 amide bonds.